The minimum atomic E-state index is -5.65. The van der Waals surface area contributed by atoms with Crippen LogP contribution < -0.4 is 0 Å². The Balaban J connectivity index is 2.27. The van der Waals surface area contributed by atoms with Gasteiger partial charge in [0.15, 0.2) is 0 Å². The van der Waals surface area contributed by atoms with Crippen LogP contribution in [-0.4, -0.2) is 29.8 Å². The highest BCUT2D eigenvalue weighted by Crippen LogP contribution is 2.59. The van der Waals surface area contributed by atoms with Gasteiger partial charge in [0.05, 0.1) is 9.75 Å². The van der Waals surface area contributed by atoms with Crippen LogP contribution in [0.25, 0.3) is 0 Å². The molecule has 0 saturated heterocycles. The predicted molar refractivity (Wildman–Crippen MR) is 55.5 cm³/mol. The summed E-state index contributed by atoms with van der Waals surface area (Å²) >= 11 is 12.1. The van der Waals surface area contributed by atoms with Gasteiger partial charge in [-0.15, -0.1) is 23.2 Å². The van der Waals surface area contributed by atoms with Crippen molar-refractivity contribution < 1.29 is 25.8 Å². The minimum Gasteiger partial charge on any atom is -0.256 e. The lowest BCUT2D eigenvalue weighted by Crippen LogP contribution is -2.42. The zero-order valence-corrected chi connectivity index (χ0v) is 10.8. The fourth-order valence-corrected chi connectivity index (χ4v) is 4.20. The highest BCUT2D eigenvalue weighted by Gasteiger charge is 2.65. The van der Waals surface area contributed by atoms with E-state index >= 15 is 0 Å². The van der Waals surface area contributed by atoms with Crippen molar-refractivity contribution in [2.45, 2.75) is 47.0 Å². The Morgan fingerprint density at radius 2 is 1.41 bits per heavy atom. The van der Waals surface area contributed by atoms with Crippen LogP contribution in [0, 0.1) is 0 Å². The van der Waals surface area contributed by atoms with Gasteiger partial charge in [-0.25, -0.2) is 0 Å². The molecule has 0 amide bonds. The molecule has 0 aromatic rings. The summed E-state index contributed by atoms with van der Waals surface area (Å²) in [6, 6.07) is 0. The number of halogens is 5. The zero-order chi connectivity index (χ0) is 13.1. The molecule has 0 heterocycles. The molecule has 0 N–H and O–H groups in total. The topological polar surface area (TPSA) is 43.4 Å². The normalized spacial score (nSPS) is 42.1. The minimum absolute atomic E-state index is 0.357. The van der Waals surface area contributed by atoms with E-state index in [1.165, 1.54) is 0 Å². The van der Waals surface area contributed by atoms with E-state index in [2.05, 4.69) is 4.18 Å². The van der Waals surface area contributed by atoms with Crippen LogP contribution in [0.1, 0.15) is 25.7 Å². The maximum Gasteiger partial charge on any atom is 0.523 e. The summed E-state index contributed by atoms with van der Waals surface area (Å²) < 4.78 is 62.8. The Morgan fingerprint density at radius 3 is 1.71 bits per heavy atom. The van der Waals surface area contributed by atoms with Crippen LogP contribution >= 0.6 is 23.2 Å². The van der Waals surface area contributed by atoms with Gasteiger partial charge >= 0.3 is 15.6 Å². The van der Waals surface area contributed by atoms with Crippen LogP contribution in [0.5, 0.6) is 0 Å². The van der Waals surface area contributed by atoms with Crippen molar-refractivity contribution in [1.82, 2.24) is 0 Å². The van der Waals surface area contributed by atoms with E-state index in [0.29, 0.717) is 25.7 Å². The first-order valence-corrected chi connectivity index (χ1v) is 7.04. The molecule has 2 fully saturated rings. The molecule has 3 nitrogen and oxygen atoms in total. The molecule has 0 aliphatic heterocycles. The van der Waals surface area contributed by atoms with Crippen LogP contribution in [0.15, 0.2) is 0 Å². The molecule has 0 unspecified atom stereocenters. The SMILES string of the molecule is O=S(=O)(OC1C2(Cl)CCC1(Cl)CC2)C(F)(F)F. The summed E-state index contributed by atoms with van der Waals surface area (Å²) in [5.74, 6) is 0. The van der Waals surface area contributed by atoms with E-state index in [1.807, 2.05) is 0 Å². The number of alkyl halides is 5. The molecular weight excluding hydrogens is 304 g/mol. The molecule has 17 heavy (non-hydrogen) atoms. The lowest BCUT2D eigenvalue weighted by Gasteiger charge is -2.26. The van der Waals surface area contributed by atoms with Crippen molar-refractivity contribution in [1.29, 1.82) is 0 Å². The summed E-state index contributed by atoms with van der Waals surface area (Å²) in [6.07, 6.45) is 0.114. The molecule has 0 spiro atoms. The predicted octanol–water partition coefficient (Wildman–Crippen LogP) is 2.76. The molecule has 9 heteroatoms. The average Bonchev–Trinajstić information content (AvgIpc) is 2.52. The van der Waals surface area contributed by atoms with Crippen LogP contribution in [0.3, 0.4) is 0 Å². The van der Waals surface area contributed by atoms with E-state index in [1.54, 1.807) is 0 Å². The van der Waals surface area contributed by atoms with Gasteiger partial charge in [0.2, 0.25) is 0 Å². The molecule has 0 radical (unpaired) electrons. The standard InChI is InChI=1S/C8H9Cl2F3O3S/c9-6-1-2-7(10,4-3-6)5(6)16-17(14,15)8(11,12)13/h5H,1-4H2. The van der Waals surface area contributed by atoms with Crippen molar-refractivity contribution in [3.05, 3.63) is 0 Å². The summed E-state index contributed by atoms with van der Waals surface area (Å²) in [7, 11) is -5.65. The second-order valence-electron chi connectivity index (χ2n) is 4.45. The third-order valence-electron chi connectivity index (χ3n) is 3.36. The highest BCUT2D eigenvalue weighted by atomic mass is 35.5. The van der Waals surface area contributed by atoms with Gasteiger partial charge < -0.3 is 0 Å². The van der Waals surface area contributed by atoms with Crippen molar-refractivity contribution in [3.8, 4) is 0 Å². The number of rotatable bonds is 2. The van der Waals surface area contributed by atoms with E-state index in [9.17, 15) is 21.6 Å². The maximum atomic E-state index is 12.2. The monoisotopic (exact) mass is 312 g/mol. The summed E-state index contributed by atoms with van der Waals surface area (Å²) in [5.41, 5.74) is -5.45. The van der Waals surface area contributed by atoms with Gasteiger partial charge in [0.25, 0.3) is 0 Å². The van der Waals surface area contributed by atoms with Gasteiger partial charge in [-0.2, -0.15) is 21.6 Å². The molecule has 2 aliphatic carbocycles. The highest BCUT2D eigenvalue weighted by molar-refractivity contribution is 7.87. The molecule has 2 bridgehead atoms. The Morgan fingerprint density at radius 1 is 1.06 bits per heavy atom. The summed E-state index contributed by atoms with van der Waals surface area (Å²) in [6.45, 7) is 0. The van der Waals surface area contributed by atoms with Gasteiger partial charge in [-0.3, -0.25) is 4.18 Å². The van der Waals surface area contributed by atoms with Crippen LogP contribution in [0.4, 0.5) is 13.2 Å². The van der Waals surface area contributed by atoms with Crippen molar-refractivity contribution in [3.63, 3.8) is 0 Å². The third kappa shape index (κ3) is 2.05. The first-order chi connectivity index (χ1) is 7.50. The Labute approximate surface area is 106 Å². The lowest BCUT2D eigenvalue weighted by atomic mass is 10.00. The fraction of sp³-hybridized carbons (Fsp3) is 1.00. The van der Waals surface area contributed by atoms with Gasteiger partial charge in [-0.05, 0) is 25.7 Å². The third-order valence-corrected chi connectivity index (χ3v) is 5.52. The van der Waals surface area contributed by atoms with E-state index in [0.717, 1.165) is 0 Å². The number of hydrogen-bond donors (Lipinski definition) is 0. The van der Waals surface area contributed by atoms with Gasteiger partial charge in [0.1, 0.15) is 6.10 Å². The van der Waals surface area contributed by atoms with E-state index < -0.39 is 31.5 Å². The molecule has 2 saturated carbocycles. The molecule has 0 aromatic heterocycles. The Hall–Kier alpha value is 0.280. The first kappa shape index (κ1) is 13.7. The quantitative estimate of drug-likeness (QED) is 0.447. The van der Waals surface area contributed by atoms with E-state index in [4.69, 9.17) is 23.2 Å². The molecule has 2 aliphatic rings. The number of fused-ring (bicyclic) bond motifs is 2. The van der Waals surface area contributed by atoms with Crippen molar-refractivity contribution in [2.24, 2.45) is 0 Å². The molecule has 0 aromatic carbocycles. The summed E-state index contributed by atoms with van der Waals surface area (Å²) in [4.78, 5) is -2.19. The van der Waals surface area contributed by atoms with E-state index in [-0.39, 0.29) is 0 Å². The van der Waals surface area contributed by atoms with Crippen molar-refractivity contribution in [2.75, 3.05) is 0 Å². The first-order valence-electron chi connectivity index (χ1n) is 4.88. The Kier molecular flexibility index (Phi) is 2.94. The largest absolute Gasteiger partial charge is 0.523 e. The number of hydrogen-bond acceptors (Lipinski definition) is 3. The maximum absolute atomic E-state index is 12.2. The Bertz CT molecular complexity index is 408. The molecule has 0 atom stereocenters. The molecule has 100 valence electrons. The molecule has 2 rings (SSSR count). The van der Waals surface area contributed by atoms with Crippen LogP contribution in [0.2, 0.25) is 0 Å². The fourth-order valence-electron chi connectivity index (χ4n) is 2.42. The smallest absolute Gasteiger partial charge is 0.256 e. The van der Waals surface area contributed by atoms with Gasteiger partial charge in [-0.1, -0.05) is 0 Å². The average molecular weight is 313 g/mol. The summed E-state index contributed by atoms with van der Waals surface area (Å²) in [5, 5.41) is 0. The lowest BCUT2D eigenvalue weighted by molar-refractivity contribution is -0.0580. The molecular formula is C8H9Cl2F3O3S. The zero-order valence-electron chi connectivity index (χ0n) is 8.43. The second-order valence-corrected chi connectivity index (χ2v) is 7.51. The van der Waals surface area contributed by atoms with Crippen LogP contribution in [-0.2, 0) is 14.3 Å². The van der Waals surface area contributed by atoms with Gasteiger partial charge in [0, 0.05) is 0 Å². The van der Waals surface area contributed by atoms with Crippen molar-refractivity contribution >= 4 is 33.3 Å². The second kappa shape index (κ2) is 3.65.